The fraction of sp³-hybridized carbons (Fsp3) is 0.533. The van der Waals surface area contributed by atoms with Crippen molar-refractivity contribution in [1.29, 1.82) is 0 Å². The second-order valence-corrected chi connectivity index (χ2v) is 9.34. The number of nitrogens with one attached hydrogen (secondary N) is 2. The van der Waals surface area contributed by atoms with E-state index < -0.39 is 23.9 Å². The predicted octanol–water partition coefficient (Wildman–Crippen LogP) is 4.99. The molecule has 1 aromatic rings. The van der Waals surface area contributed by atoms with Crippen LogP contribution in [0, 0.1) is 5.82 Å². The number of hydrogen-bond acceptors (Lipinski definition) is 8. The van der Waals surface area contributed by atoms with Crippen molar-refractivity contribution in [3.05, 3.63) is 52.6 Å². The second-order valence-electron chi connectivity index (χ2n) is 9.34. The first kappa shape index (κ1) is 34.3. The molecule has 1 aliphatic carbocycles. The number of carbonyl (C=O) groups is 3. The Morgan fingerprint density at radius 2 is 1.62 bits per heavy atom. The summed E-state index contributed by atoms with van der Waals surface area (Å²) in [6, 6.07) is 4.84. The number of hydrogen-bond donors (Lipinski definition) is 3. The first-order valence-electron chi connectivity index (χ1n) is 13.9. The highest BCUT2D eigenvalue weighted by Crippen LogP contribution is 2.32. The normalized spacial score (nSPS) is 14.0. The predicted molar refractivity (Wildman–Crippen MR) is 155 cm³/mol. The molecule has 0 aromatic heterocycles. The maximum absolute atomic E-state index is 13.3. The highest BCUT2D eigenvalue weighted by atomic mass is 19.1. The summed E-state index contributed by atoms with van der Waals surface area (Å²) < 4.78 is 23.3. The van der Waals surface area contributed by atoms with Gasteiger partial charge in [0.05, 0.1) is 25.4 Å². The molecule has 0 bridgehead atoms. The van der Waals surface area contributed by atoms with Crippen molar-refractivity contribution in [2.45, 2.75) is 86.1 Å². The number of nitrogens with two attached hydrogens (primary N) is 1. The molecule has 0 saturated heterocycles. The van der Waals surface area contributed by atoms with E-state index in [-0.39, 0.29) is 38.4 Å². The van der Waals surface area contributed by atoms with E-state index in [4.69, 9.17) is 15.2 Å². The van der Waals surface area contributed by atoms with E-state index >= 15 is 0 Å². The molecule has 222 valence electrons. The Balaban J connectivity index is 0.00000254. The maximum atomic E-state index is 13.3. The van der Waals surface area contributed by atoms with E-state index in [2.05, 4.69) is 29.5 Å². The lowest BCUT2D eigenvalue weighted by Crippen LogP contribution is -2.46. The van der Waals surface area contributed by atoms with Gasteiger partial charge >= 0.3 is 11.9 Å². The zero-order chi connectivity index (χ0) is 30.1. The Morgan fingerprint density at radius 3 is 2.12 bits per heavy atom. The van der Waals surface area contributed by atoms with Crippen LogP contribution in [0.15, 0.2) is 51.8 Å². The van der Waals surface area contributed by atoms with Crippen LogP contribution in [0.5, 0.6) is 0 Å². The minimum atomic E-state index is -0.980. The Morgan fingerprint density at radius 1 is 1.02 bits per heavy atom. The van der Waals surface area contributed by atoms with Gasteiger partial charge in [-0.25, -0.2) is 9.18 Å². The van der Waals surface area contributed by atoms with Crippen LogP contribution in [0.25, 0.3) is 0 Å². The minimum absolute atomic E-state index is 0.0291. The van der Waals surface area contributed by atoms with Crippen LogP contribution in [0.4, 0.5) is 10.1 Å². The molecule has 1 saturated carbocycles. The van der Waals surface area contributed by atoms with Gasteiger partial charge in [0, 0.05) is 29.1 Å². The monoisotopic (exact) mass is 560 g/mol. The van der Waals surface area contributed by atoms with Gasteiger partial charge in [-0.15, -0.1) is 0 Å². The van der Waals surface area contributed by atoms with Gasteiger partial charge in [0.25, 0.3) is 0 Å². The summed E-state index contributed by atoms with van der Waals surface area (Å²) in [4.78, 5) is 41.5. The molecule has 1 fully saturated rings. The topological polar surface area (TPSA) is 132 Å². The third kappa shape index (κ3) is 12.0. The van der Waals surface area contributed by atoms with E-state index in [1.165, 1.54) is 18.6 Å². The van der Waals surface area contributed by atoms with E-state index in [0.717, 1.165) is 30.5 Å². The van der Waals surface area contributed by atoms with Crippen molar-refractivity contribution < 1.29 is 28.2 Å². The van der Waals surface area contributed by atoms with Crippen molar-refractivity contribution in [3.63, 3.8) is 0 Å². The molecular formula is C30H45FN4O5. The number of carbonyl (C=O) groups excluding carboxylic acids is 3. The van der Waals surface area contributed by atoms with Gasteiger partial charge in [0.15, 0.2) is 0 Å². The number of halogens is 1. The largest absolute Gasteiger partial charge is 0.466 e. The summed E-state index contributed by atoms with van der Waals surface area (Å²) in [7, 11) is 0. The number of amides is 1. The molecule has 2 rings (SSSR count). The molecule has 1 aliphatic rings. The summed E-state index contributed by atoms with van der Waals surface area (Å²) in [6.45, 7) is 11.4. The number of allylic oxidation sites excluding steroid dienone is 3. The molecule has 0 unspecified atom stereocenters. The number of nitrogens with zero attached hydrogens (tertiary/aromatic N) is 1. The molecule has 1 aromatic carbocycles. The lowest BCUT2D eigenvalue weighted by atomic mass is 9.86. The summed E-state index contributed by atoms with van der Waals surface area (Å²) in [5.74, 6) is -1.86. The van der Waals surface area contributed by atoms with Gasteiger partial charge in [0.1, 0.15) is 11.9 Å². The van der Waals surface area contributed by atoms with Crippen LogP contribution in [-0.2, 0) is 23.9 Å². The second kappa shape index (κ2) is 18.6. The van der Waals surface area contributed by atoms with Gasteiger partial charge in [0.2, 0.25) is 5.91 Å². The van der Waals surface area contributed by atoms with Gasteiger partial charge in [-0.3, -0.25) is 14.6 Å². The Kier molecular flexibility index (Phi) is 15.9. The van der Waals surface area contributed by atoms with Crippen LogP contribution in [0.2, 0.25) is 0 Å². The van der Waals surface area contributed by atoms with Crippen LogP contribution >= 0.6 is 0 Å². The zero-order valence-electron chi connectivity index (χ0n) is 24.7. The molecule has 1 atom stereocenters. The quantitative estimate of drug-likeness (QED) is 0.229. The SMILES string of the molecule is CCC.CCOC(=O)CC[C@@H](NC(=O)CNC(=C1CCC1)/C(C(C)=Nc1ccc(F)cc1)=C(\C)N)C(=O)OCC. The highest BCUT2D eigenvalue weighted by Gasteiger charge is 2.25. The van der Waals surface area contributed by atoms with Gasteiger partial charge in [-0.05, 0) is 83.2 Å². The minimum Gasteiger partial charge on any atom is -0.466 e. The van der Waals surface area contributed by atoms with Crippen LogP contribution in [0.3, 0.4) is 0 Å². The number of aliphatic imine (C=N–C) groups is 1. The van der Waals surface area contributed by atoms with Crippen LogP contribution < -0.4 is 16.4 Å². The zero-order valence-corrected chi connectivity index (χ0v) is 24.7. The standard InChI is InChI=1S/C27H37FN4O5.C3H8/c1-5-36-24(34)15-14-22(27(35)37-6-2)32-23(33)16-30-26(19-8-7-9-19)25(17(3)29)18(4)31-21-12-10-20(28)11-13-21;1-3-2/h10-13,22,30H,5-9,14-16,29H2,1-4H3,(H,32,33);3H2,1-2H3/b25-17+,31-18?;/t22-;/m1./s1. The third-order valence-corrected chi connectivity index (χ3v) is 5.71. The Labute approximate surface area is 237 Å². The first-order valence-corrected chi connectivity index (χ1v) is 13.9. The van der Waals surface area contributed by atoms with Crippen molar-refractivity contribution in [3.8, 4) is 0 Å². The smallest absolute Gasteiger partial charge is 0.328 e. The van der Waals surface area contributed by atoms with E-state index in [9.17, 15) is 18.8 Å². The number of rotatable bonds is 13. The van der Waals surface area contributed by atoms with E-state index in [1.807, 2.05) is 6.92 Å². The molecule has 40 heavy (non-hydrogen) atoms. The summed E-state index contributed by atoms with van der Waals surface area (Å²) in [5, 5.41) is 5.84. The molecule has 1 amide bonds. The molecule has 0 heterocycles. The van der Waals surface area contributed by atoms with Crippen molar-refractivity contribution in [1.82, 2.24) is 10.6 Å². The molecule has 0 radical (unpaired) electrons. The first-order chi connectivity index (χ1) is 19.1. The van der Waals surface area contributed by atoms with Crippen LogP contribution in [-0.4, -0.2) is 49.4 Å². The Hall–Kier alpha value is -3.69. The lowest BCUT2D eigenvalue weighted by Gasteiger charge is -2.26. The molecular weight excluding hydrogens is 515 g/mol. The maximum Gasteiger partial charge on any atom is 0.328 e. The summed E-state index contributed by atoms with van der Waals surface area (Å²) in [6.07, 6.45) is 4.02. The van der Waals surface area contributed by atoms with Crippen molar-refractivity contribution in [2.75, 3.05) is 19.8 Å². The van der Waals surface area contributed by atoms with Crippen LogP contribution in [0.1, 0.15) is 80.1 Å². The Bertz CT molecular complexity index is 1070. The molecule has 4 N–H and O–H groups in total. The van der Waals surface area contributed by atoms with Crippen molar-refractivity contribution in [2.24, 2.45) is 10.7 Å². The lowest BCUT2D eigenvalue weighted by molar-refractivity contribution is -0.148. The average Bonchev–Trinajstić information content (AvgIpc) is 2.86. The third-order valence-electron chi connectivity index (χ3n) is 5.71. The molecule has 0 spiro atoms. The summed E-state index contributed by atoms with van der Waals surface area (Å²) in [5.41, 5.74) is 10.5. The molecule has 9 nitrogen and oxygen atoms in total. The van der Waals surface area contributed by atoms with Crippen molar-refractivity contribution >= 4 is 29.2 Å². The molecule has 0 aliphatic heterocycles. The van der Waals surface area contributed by atoms with Gasteiger partial charge in [-0.2, -0.15) is 0 Å². The number of esters is 2. The average molecular weight is 561 g/mol. The van der Waals surface area contributed by atoms with E-state index in [1.54, 1.807) is 32.9 Å². The number of benzene rings is 1. The highest BCUT2D eigenvalue weighted by molar-refractivity contribution is 6.04. The fourth-order valence-corrected chi connectivity index (χ4v) is 3.82. The number of ether oxygens (including phenoxy) is 2. The van der Waals surface area contributed by atoms with E-state index in [0.29, 0.717) is 22.7 Å². The van der Waals surface area contributed by atoms with Gasteiger partial charge < -0.3 is 25.8 Å². The fourth-order valence-electron chi connectivity index (χ4n) is 3.82. The van der Waals surface area contributed by atoms with Gasteiger partial charge in [-0.1, -0.05) is 20.3 Å². The summed E-state index contributed by atoms with van der Waals surface area (Å²) >= 11 is 0. The molecule has 10 heteroatoms.